The maximum atomic E-state index is 12.5. The van der Waals surface area contributed by atoms with Gasteiger partial charge in [-0.3, -0.25) is 14.7 Å². The Kier molecular flexibility index (Phi) is 4.50. The number of carboxylic acids is 1. The summed E-state index contributed by atoms with van der Waals surface area (Å²) in [5.41, 5.74) is 1.90. The van der Waals surface area contributed by atoms with Gasteiger partial charge in [0, 0.05) is 11.6 Å². The average molecular weight is 329 g/mol. The minimum atomic E-state index is -0.797. The standard InChI is InChI=1S/C17H19N3O4/c1-24-13-6-3-10(4-7-13)15-14(9-18-20-15)16(21)19-12-5-2-11(8-12)17(22)23/h3-4,6-7,9,11-12H,2,5,8H2,1H3,(H,18,20)(H,19,21)(H,22,23)/t11-,12+/m1/s1. The fourth-order valence-corrected chi connectivity index (χ4v) is 3.04. The van der Waals surface area contributed by atoms with Gasteiger partial charge in [-0.2, -0.15) is 5.10 Å². The van der Waals surface area contributed by atoms with Crippen LogP contribution in [-0.2, 0) is 4.79 Å². The molecule has 0 saturated heterocycles. The van der Waals surface area contributed by atoms with Crippen LogP contribution in [0.1, 0.15) is 29.6 Å². The number of nitrogens with zero attached hydrogens (tertiary/aromatic N) is 1. The Hall–Kier alpha value is -2.83. The largest absolute Gasteiger partial charge is 0.497 e. The molecular weight excluding hydrogens is 310 g/mol. The molecule has 0 spiro atoms. The smallest absolute Gasteiger partial charge is 0.306 e. The van der Waals surface area contributed by atoms with Crippen molar-refractivity contribution in [2.24, 2.45) is 5.92 Å². The zero-order valence-corrected chi connectivity index (χ0v) is 13.3. The number of amides is 1. The highest BCUT2D eigenvalue weighted by atomic mass is 16.5. The van der Waals surface area contributed by atoms with E-state index in [4.69, 9.17) is 9.84 Å². The van der Waals surface area contributed by atoms with E-state index in [1.807, 2.05) is 24.3 Å². The number of carboxylic acid groups (broad SMARTS) is 1. The zero-order chi connectivity index (χ0) is 17.1. The van der Waals surface area contributed by atoms with Gasteiger partial charge < -0.3 is 15.2 Å². The number of rotatable bonds is 5. The molecule has 7 heteroatoms. The number of nitrogens with one attached hydrogen (secondary N) is 2. The lowest BCUT2D eigenvalue weighted by Crippen LogP contribution is -2.33. The highest BCUT2D eigenvalue weighted by molar-refractivity contribution is 6.00. The van der Waals surface area contributed by atoms with E-state index in [2.05, 4.69) is 15.5 Å². The van der Waals surface area contributed by atoms with Gasteiger partial charge in [-0.15, -0.1) is 0 Å². The predicted molar refractivity (Wildman–Crippen MR) is 86.8 cm³/mol. The van der Waals surface area contributed by atoms with Crippen molar-refractivity contribution in [1.82, 2.24) is 15.5 Å². The average Bonchev–Trinajstić information content (AvgIpc) is 3.24. The maximum Gasteiger partial charge on any atom is 0.306 e. The highest BCUT2D eigenvalue weighted by Gasteiger charge is 2.31. The molecule has 0 unspecified atom stereocenters. The topological polar surface area (TPSA) is 104 Å². The van der Waals surface area contributed by atoms with Crippen LogP contribution in [0.3, 0.4) is 0 Å². The molecule has 1 aromatic carbocycles. The molecule has 1 heterocycles. The first kappa shape index (κ1) is 16.0. The van der Waals surface area contributed by atoms with E-state index in [0.29, 0.717) is 30.5 Å². The number of methoxy groups -OCH3 is 1. The molecular formula is C17H19N3O4. The Bertz CT molecular complexity index is 739. The van der Waals surface area contributed by atoms with Crippen molar-refractivity contribution in [2.75, 3.05) is 7.11 Å². The third kappa shape index (κ3) is 3.24. The van der Waals surface area contributed by atoms with Gasteiger partial charge in [-0.05, 0) is 43.5 Å². The summed E-state index contributed by atoms with van der Waals surface area (Å²) in [6.07, 6.45) is 3.23. The maximum absolute atomic E-state index is 12.5. The van der Waals surface area contributed by atoms with Gasteiger partial charge in [-0.25, -0.2) is 0 Å². The summed E-state index contributed by atoms with van der Waals surface area (Å²) in [4.78, 5) is 23.5. The van der Waals surface area contributed by atoms with Crippen LogP contribution in [0.2, 0.25) is 0 Å². The number of benzene rings is 1. The van der Waals surface area contributed by atoms with Gasteiger partial charge in [-0.1, -0.05) is 0 Å². The molecule has 1 aliphatic carbocycles. The van der Waals surface area contributed by atoms with E-state index in [9.17, 15) is 9.59 Å². The fourth-order valence-electron chi connectivity index (χ4n) is 3.04. The number of carbonyl (C=O) groups is 2. The molecule has 1 fully saturated rings. The summed E-state index contributed by atoms with van der Waals surface area (Å²) in [5.74, 6) is -0.685. The number of aromatic nitrogens is 2. The van der Waals surface area contributed by atoms with Crippen LogP contribution in [0, 0.1) is 5.92 Å². The number of aromatic amines is 1. The number of hydrogen-bond acceptors (Lipinski definition) is 4. The summed E-state index contributed by atoms with van der Waals surface area (Å²) in [5, 5.41) is 18.8. The molecule has 24 heavy (non-hydrogen) atoms. The molecule has 2 atom stereocenters. The van der Waals surface area contributed by atoms with Crippen molar-refractivity contribution < 1.29 is 19.4 Å². The van der Waals surface area contributed by atoms with E-state index in [1.165, 1.54) is 6.20 Å². The van der Waals surface area contributed by atoms with Gasteiger partial charge in [0.2, 0.25) is 0 Å². The van der Waals surface area contributed by atoms with Crippen LogP contribution in [0.15, 0.2) is 30.5 Å². The minimum Gasteiger partial charge on any atom is -0.497 e. The van der Waals surface area contributed by atoms with Crippen LogP contribution in [0.5, 0.6) is 5.75 Å². The van der Waals surface area contributed by atoms with E-state index in [-0.39, 0.29) is 17.9 Å². The molecule has 7 nitrogen and oxygen atoms in total. The summed E-state index contributed by atoms with van der Waals surface area (Å²) < 4.78 is 5.13. The molecule has 3 N–H and O–H groups in total. The highest BCUT2D eigenvalue weighted by Crippen LogP contribution is 2.27. The van der Waals surface area contributed by atoms with Gasteiger partial charge in [0.25, 0.3) is 5.91 Å². The Morgan fingerprint density at radius 3 is 2.67 bits per heavy atom. The Balaban J connectivity index is 1.72. The predicted octanol–water partition coefficient (Wildman–Crippen LogP) is 2.07. The second kappa shape index (κ2) is 6.74. The molecule has 1 aromatic heterocycles. The SMILES string of the molecule is COc1ccc(-c2[nH]ncc2C(=O)N[C@H]2CC[C@@H](C(=O)O)C2)cc1. The third-order valence-electron chi connectivity index (χ3n) is 4.38. The van der Waals surface area contributed by atoms with Crippen molar-refractivity contribution in [2.45, 2.75) is 25.3 Å². The number of hydrogen-bond donors (Lipinski definition) is 3. The normalized spacial score (nSPS) is 19.9. The summed E-state index contributed by atoms with van der Waals surface area (Å²) in [7, 11) is 1.59. The van der Waals surface area contributed by atoms with E-state index < -0.39 is 5.97 Å². The molecule has 0 aliphatic heterocycles. The Labute approximate surface area is 139 Å². The van der Waals surface area contributed by atoms with E-state index in [0.717, 1.165) is 11.3 Å². The van der Waals surface area contributed by atoms with Gasteiger partial charge in [0.1, 0.15) is 5.75 Å². The third-order valence-corrected chi connectivity index (χ3v) is 4.38. The number of carbonyl (C=O) groups excluding carboxylic acids is 1. The molecule has 3 rings (SSSR count). The summed E-state index contributed by atoms with van der Waals surface area (Å²) >= 11 is 0. The molecule has 1 aliphatic rings. The van der Waals surface area contributed by atoms with Crippen LogP contribution in [0.25, 0.3) is 11.3 Å². The first-order valence-electron chi connectivity index (χ1n) is 7.80. The quantitative estimate of drug-likeness (QED) is 0.779. The summed E-state index contributed by atoms with van der Waals surface area (Å²) in [6, 6.07) is 7.20. The lowest BCUT2D eigenvalue weighted by molar-refractivity contribution is -0.141. The van der Waals surface area contributed by atoms with E-state index >= 15 is 0 Å². The molecule has 1 saturated carbocycles. The van der Waals surface area contributed by atoms with E-state index in [1.54, 1.807) is 7.11 Å². The second-order valence-corrected chi connectivity index (χ2v) is 5.91. The van der Waals surface area contributed by atoms with Gasteiger partial charge in [0.05, 0.1) is 30.5 Å². The Morgan fingerprint density at radius 1 is 1.29 bits per heavy atom. The van der Waals surface area contributed by atoms with Crippen LogP contribution in [0.4, 0.5) is 0 Å². The van der Waals surface area contributed by atoms with Crippen LogP contribution in [-0.4, -0.2) is 40.3 Å². The number of H-pyrrole nitrogens is 1. The van der Waals surface area contributed by atoms with Gasteiger partial charge >= 0.3 is 5.97 Å². The fraction of sp³-hybridized carbons (Fsp3) is 0.353. The molecule has 1 amide bonds. The lowest BCUT2D eigenvalue weighted by atomic mass is 10.1. The summed E-state index contributed by atoms with van der Waals surface area (Å²) in [6.45, 7) is 0. The number of ether oxygens (including phenoxy) is 1. The lowest BCUT2D eigenvalue weighted by Gasteiger charge is -2.12. The monoisotopic (exact) mass is 329 g/mol. The minimum absolute atomic E-state index is 0.114. The number of aliphatic carboxylic acids is 1. The van der Waals surface area contributed by atoms with Crippen LogP contribution >= 0.6 is 0 Å². The molecule has 2 aromatic rings. The molecule has 0 radical (unpaired) electrons. The Morgan fingerprint density at radius 2 is 2.04 bits per heavy atom. The molecule has 0 bridgehead atoms. The second-order valence-electron chi connectivity index (χ2n) is 5.91. The van der Waals surface area contributed by atoms with Crippen molar-refractivity contribution in [3.8, 4) is 17.0 Å². The van der Waals surface area contributed by atoms with Crippen molar-refractivity contribution >= 4 is 11.9 Å². The zero-order valence-electron chi connectivity index (χ0n) is 13.3. The first-order chi connectivity index (χ1) is 11.6. The van der Waals surface area contributed by atoms with Crippen molar-refractivity contribution in [3.05, 3.63) is 36.0 Å². The van der Waals surface area contributed by atoms with Crippen LogP contribution < -0.4 is 10.1 Å². The van der Waals surface area contributed by atoms with Gasteiger partial charge in [0.15, 0.2) is 0 Å². The molecule has 126 valence electrons. The first-order valence-corrected chi connectivity index (χ1v) is 7.80. The van der Waals surface area contributed by atoms with Crippen molar-refractivity contribution in [1.29, 1.82) is 0 Å². The van der Waals surface area contributed by atoms with Crippen molar-refractivity contribution in [3.63, 3.8) is 0 Å².